The molecule has 38 heavy (non-hydrogen) atoms. The van der Waals surface area contributed by atoms with Crippen molar-refractivity contribution >= 4 is 27.3 Å². The van der Waals surface area contributed by atoms with Gasteiger partial charge in [-0.3, -0.25) is 9.10 Å². The Bertz CT molecular complexity index is 1400. The normalized spacial score (nSPS) is 13.8. The number of aryl methyl sites for hydroxylation is 3. The highest BCUT2D eigenvalue weighted by Gasteiger charge is 2.32. The number of carbonyl (C=O) groups excluding carboxylic acids is 1. The molecule has 4 rings (SSSR count). The number of piperazine rings is 1. The van der Waals surface area contributed by atoms with Gasteiger partial charge in [-0.15, -0.1) is 0 Å². The Morgan fingerprint density at radius 2 is 1.53 bits per heavy atom. The number of benzene rings is 3. The minimum atomic E-state index is -4.10. The van der Waals surface area contributed by atoms with Gasteiger partial charge in [-0.25, -0.2) is 8.42 Å². The number of anilines is 2. The number of hydrogen-bond acceptors (Lipinski definition) is 6. The lowest BCUT2D eigenvalue weighted by Gasteiger charge is -2.37. The Labute approximate surface area is 225 Å². The van der Waals surface area contributed by atoms with Crippen molar-refractivity contribution in [2.45, 2.75) is 25.7 Å². The van der Waals surface area contributed by atoms with Crippen molar-refractivity contribution < 1.29 is 22.7 Å². The molecule has 0 N–H and O–H groups in total. The second-order valence-corrected chi connectivity index (χ2v) is 11.3. The lowest BCUT2D eigenvalue weighted by molar-refractivity contribution is -0.129. The third kappa shape index (κ3) is 5.72. The molecule has 3 aromatic rings. The van der Waals surface area contributed by atoms with Crippen molar-refractivity contribution in [2.24, 2.45) is 0 Å². The summed E-state index contributed by atoms with van der Waals surface area (Å²) in [5, 5.41) is 0. The summed E-state index contributed by atoms with van der Waals surface area (Å²) in [6, 6.07) is 18.3. The number of carbonyl (C=O) groups is 1. The Balaban J connectivity index is 1.58. The summed E-state index contributed by atoms with van der Waals surface area (Å²) in [5.74, 6) is 0.790. The van der Waals surface area contributed by atoms with Crippen LogP contribution >= 0.6 is 0 Å². The molecule has 0 unspecified atom stereocenters. The van der Waals surface area contributed by atoms with Gasteiger partial charge >= 0.3 is 0 Å². The van der Waals surface area contributed by atoms with Gasteiger partial charge in [0, 0.05) is 31.9 Å². The highest BCUT2D eigenvalue weighted by molar-refractivity contribution is 7.93. The molecule has 1 aliphatic rings. The van der Waals surface area contributed by atoms with E-state index in [1.807, 2.05) is 57.2 Å². The lowest BCUT2D eigenvalue weighted by Crippen LogP contribution is -2.52. The maximum Gasteiger partial charge on any atom is 0.268 e. The minimum absolute atomic E-state index is 0.0374. The predicted octanol–water partition coefficient (Wildman–Crippen LogP) is 4.17. The number of rotatable bonds is 8. The predicted molar refractivity (Wildman–Crippen MR) is 150 cm³/mol. The summed E-state index contributed by atoms with van der Waals surface area (Å²) in [6.45, 7) is 7.72. The van der Waals surface area contributed by atoms with Crippen molar-refractivity contribution in [1.29, 1.82) is 0 Å². The Hall–Kier alpha value is -3.72. The minimum Gasteiger partial charge on any atom is -0.497 e. The summed E-state index contributed by atoms with van der Waals surface area (Å²) in [7, 11) is -1.03. The van der Waals surface area contributed by atoms with E-state index in [9.17, 15) is 13.2 Å². The Morgan fingerprint density at radius 1 is 0.842 bits per heavy atom. The molecule has 0 radical (unpaired) electrons. The average Bonchev–Trinajstić information content (AvgIpc) is 2.93. The van der Waals surface area contributed by atoms with Gasteiger partial charge in [0.1, 0.15) is 22.9 Å². The Morgan fingerprint density at radius 3 is 2.13 bits per heavy atom. The zero-order valence-corrected chi connectivity index (χ0v) is 23.4. The smallest absolute Gasteiger partial charge is 0.268 e. The third-order valence-electron chi connectivity index (χ3n) is 7.01. The van der Waals surface area contributed by atoms with Crippen molar-refractivity contribution in [3.63, 3.8) is 0 Å². The number of sulfonamides is 1. The molecule has 3 aromatic carbocycles. The summed E-state index contributed by atoms with van der Waals surface area (Å²) in [6.07, 6.45) is 0. The van der Waals surface area contributed by atoms with Crippen molar-refractivity contribution in [3.05, 3.63) is 77.4 Å². The highest BCUT2D eigenvalue weighted by atomic mass is 32.2. The monoisotopic (exact) mass is 537 g/mol. The molecule has 1 aliphatic heterocycles. The fraction of sp³-hybridized carbons (Fsp3) is 0.345. The van der Waals surface area contributed by atoms with Gasteiger partial charge in [-0.1, -0.05) is 12.1 Å². The number of methoxy groups -OCH3 is 2. The van der Waals surface area contributed by atoms with Crippen LogP contribution in [0.5, 0.6) is 11.5 Å². The van der Waals surface area contributed by atoms with Crippen LogP contribution in [0.3, 0.4) is 0 Å². The molecule has 1 amide bonds. The van der Waals surface area contributed by atoms with Gasteiger partial charge in [0.2, 0.25) is 5.91 Å². The van der Waals surface area contributed by atoms with Gasteiger partial charge < -0.3 is 19.3 Å². The van der Waals surface area contributed by atoms with E-state index in [2.05, 4.69) is 4.90 Å². The van der Waals surface area contributed by atoms with Gasteiger partial charge in [-0.2, -0.15) is 0 Å². The fourth-order valence-corrected chi connectivity index (χ4v) is 6.18. The second kappa shape index (κ2) is 11.3. The maximum atomic E-state index is 14.0. The summed E-state index contributed by atoms with van der Waals surface area (Å²) < 4.78 is 39.9. The first-order chi connectivity index (χ1) is 18.1. The number of hydrogen-bond donors (Lipinski definition) is 0. The van der Waals surface area contributed by atoms with Crippen LogP contribution in [0.1, 0.15) is 16.7 Å². The second-order valence-electron chi connectivity index (χ2n) is 9.50. The van der Waals surface area contributed by atoms with E-state index in [0.717, 1.165) is 28.1 Å². The summed E-state index contributed by atoms with van der Waals surface area (Å²) in [5.41, 5.74) is 4.27. The number of amides is 1. The third-order valence-corrected chi connectivity index (χ3v) is 8.81. The standard InChI is InChI=1S/C29H35N3O5S/c1-21-6-13-27(37-5)28(18-21)38(34,35)32(25-8-7-22(2)23(3)19-25)20-29(33)31-16-14-30(15-17-31)24-9-11-26(36-4)12-10-24/h6-13,18-19H,14-17,20H2,1-5H3. The maximum absolute atomic E-state index is 14.0. The Kier molecular flexibility index (Phi) is 8.16. The van der Waals surface area contributed by atoms with E-state index >= 15 is 0 Å². The first-order valence-corrected chi connectivity index (χ1v) is 14.0. The molecular weight excluding hydrogens is 502 g/mol. The van der Waals surface area contributed by atoms with Gasteiger partial charge in [0.25, 0.3) is 10.0 Å². The van der Waals surface area contributed by atoms with Gasteiger partial charge in [0.05, 0.1) is 19.9 Å². The molecule has 202 valence electrons. The topological polar surface area (TPSA) is 79.4 Å². The molecule has 0 aliphatic carbocycles. The van der Waals surface area contributed by atoms with E-state index in [1.54, 1.807) is 36.3 Å². The average molecular weight is 538 g/mol. The van der Waals surface area contributed by atoms with E-state index in [1.165, 1.54) is 11.4 Å². The fourth-order valence-electron chi connectivity index (χ4n) is 4.53. The molecule has 0 spiro atoms. The summed E-state index contributed by atoms with van der Waals surface area (Å²) in [4.78, 5) is 17.5. The van der Waals surface area contributed by atoms with Crippen LogP contribution in [-0.4, -0.2) is 66.2 Å². The molecule has 1 fully saturated rings. The van der Waals surface area contributed by atoms with Crippen LogP contribution in [0.4, 0.5) is 11.4 Å². The van der Waals surface area contributed by atoms with E-state index < -0.39 is 10.0 Å². The first-order valence-electron chi connectivity index (χ1n) is 12.6. The van der Waals surface area contributed by atoms with Crippen LogP contribution < -0.4 is 18.7 Å². The number of nitrogens with zero attached hydrogens (tertiary/aromatic N) is 3. The largest absolute Gasteiger partial charge is 0.497 e. The quantitative estimate of drug-likeness (QED) is 0.429. The van der Waals surface area contributed by atoms with Crippen LogP contribution in [0.15, 0.2) is 65.6 Å². The van der Waals surface area contributed by atoms with Crippen molar-refractivity contribution in [2.75, 3.05) is 56.1 Å². The highest BCUT2D eigenvalue weighted by Crippen LogP contribution is 2.32. The number of ether oxygens (including phenoxy) is 2. The SMILES string of the molecule is COc1ccc(N2CCN(C(=O)CN(c3ccc(C)c(C)c3)S(=O)(=O)c3cc(C)ccc3OC)CC2)cc1. The molecular formula is C29H35N3O5S. The summed E-state index contributed by atoms with van der Waals surface area (Å²) >= 11 is 0. The molecule has 1 heterocycles. The molecule has 0 saturated carbocycles. The van der Waals surface area contributed by atoms with Crippen LogP contribution in [0.25, 0.3) is 0 Å². The molecule has 0 atom stereocenters. The molecule has 0 bridgehead atoms. The van der Waals surface area contributed by atoms with Crippen LogP contribution in [0.2, 0.25) is 0 Å². The van der Waals surface area contributed by atoms with Crippen molar-refractivity contribution in [3.8, 4) is 11.5 Å². The zero-order valence-electron chi connectivity index (χ0n) is 22.6. The molecule has 9 heteroatoms. The lowest BCUT2D eigenvalue weighted by atomic mass is 10.1. The van der Waals surface area contributed by atoms with Crippen molar-refractivity contribution in [1.82, 2.24) is 4.90 Å². The zero-order chi connectivity index (χ0) is 27.4. The van der Waals surface area contributed by atoms with Gasteiger partial charge in [-0.05, 0) is 86.0 Å². The van der Waals surface area contributed by atoms with Gasteiger partial charge in [0.15, 0.2) is 0 Å². The first kappa shape index (κ1) is 27.3. The van der Waals surface area contributed by atoms with E-state index in [0.29, 0.717) is 31.9 Å². The van der Waals surface area contributed by atoms with Crippen LogP contribution in [-0.2, 0) is 14.8 Å². The van der Waals surface area contributed by atoms with E-state index in [-0.39, 0.29) is 23.1 Å². The van der Waals surface area contributed by atoms with E-state index in [4.69, 9.17) is 9.47 Å². The molecule has 8 nitrogen and oxygen atoms in total. The molecule has 0 aromatic heterocycles. The molecule has 1 saturated heterocycles. The van der Waals surface area contributed by atoms with Crippen LogP contribution in [0, 0.1) is 20.8 Å².